The van der Waals surface area contributed by atoms with Crippen LogP contribution < -0.4 is 0 Å². The molecule has 0 saturated carbocycles. The molecule has 0 fully saturated rings. The third-order valence-corrected chi connectivity index (χ3v) is 4.43. The molecule has 100 valence electrons. The Hall–Kier alpha value is -0.780. The summed E-state index contributed by atoms with van der Waals surface area (Å²) < 4.78 is 0. The maximum absolute atomic E-state index is 2.42. The first-order valence-corrected chi connectivity index (χ1v) is 7.79. The van der Waals surface area contributed by atoms with Crippen LogP contribution in [0.15, 0.2) is 12.1 Å². The molecule has 2 rings (SSSR count). The minimum Gasteiger partial charge on any atom is -0.0654 e. The van der Waals surface area contributed by atoms with Gasteiger partial charge in [-0.2, -0.15) is 0 Å². The van der Waals surface area contributed by atoms with E-state index in [1.54, 1.807) is 11.1 Å². The summed E-state index contributed by atoms with van der Waals surface area (Å²) in [6.07, 6.45) is 11.2. The summed E-state index contributed by atoms with van der Waals surface area (Å²) in [7, 11) is 0. The Bertz CT molecular complexity index is 389. The van der Waals surface area contributed by atoms with E-state index in [0.717, 1.165) is 5.92 Å². The summed E-state index contributed by atoms with van der Waals surface area (Å²) in [5, 5.41) is 0. The van der Waals surface area contributed by atoms with Gasteiger partial charge in [-0.15, -0.1) is 0 Å². The topological polar surface area (TPSA) is 0 Å². The first kappa shape index (κ1) is 13.6. The van der Waals surface area contributed by atoms with Crippen LogP contribution in [-0.4, -0.2) is 0 Å². The van der Waals surface area contributed by atoms with Crippen LogP contribution in [0, 0.1) is 19.8 Å². The van der Waals surface area contributed by atoms with Gasteiger partial charge in [0.05, 0.1) is 0 Å². The molecule has 1 aromatic rings. The van der Waals surface area contributed by atoms with Crippen molar-refractivity contribution in [1.29, 1.82) is 0 Å². The van der Waals surface area contributed by atoms with E-state index in [0.29, 0.717) is 0 Å². The molecule has 0 nitrogen and oxygen atoms in total. The van der Waals surface area contributed by atoms with Gasteiger partial charge in [-0.25, -0.2) is 0 Å². The summed E-state index contributed by atoms with van der Waals surface area (Å²) in [4.78, 5) is 0. The fourth-order valence-corrected chi connectivity index (χ4v) is 3.47. The molecular formula is C18H28. The smallest absolute Gasteiger partial charge is 0.0242 e. The van der Waals surface area contributed by atoms with Gasteiger partial charge in [-0.1, -0.05) is 56.7 Å². The Morgan fingerprint density at radius 1 is 1.00 bits per heavy atom. The number of aryl methyl sites for hydroxylation is 2. The molecule has 0 spiro atoms. The number of fused-ring (bicyclic) bond motifs is 1. The van der Waals surface area contributed by atoms with Gasteiger partial charge in [0.25, 0.3) is 0 Å². The van der Waals surface area contributed by atoms with Crippen molar-refractivity contribution in [1.82, 2.24) is 0 Å². The molecule has 1 aliphatic carbocycles. The van der Waals surface area contributed by atoms with Gasteiger partial charge >= 0.3 is 0 Å². The molecule has 0 aliphatic heterocycles. The van der Waals surface area contributed by atoms with Crippen LogP contribution in [-0.2, 0) is 12.8 Å². The lowest BCUT2D eigenvalue weighted by atomic mass is 9.97. The van der Waals surface area contributed by atoms with E-state index < -0.39 is 0 Å². The molecule has 18 heavy (non-hydrogen) atoms. The summed E-state index contributed by atoms with van der Waals surface area (Å²) in [5.74, 6) is 0.933. The number of rotatable bonds is 6. The van der Waals surface area contributed by atoms with Gasteiger partial charge in [0.15, 0.2) is 0 Å². The molecule has 0 N–H and O–H groups in total. The molecule has 1 unspecified atom stereocenters. The van der Waals surface area contributed by atoms with Gasteiger partial charge in [-0.05, 0) is 55.7 Å². The fourth-order valence-electron chi connectivity index (χ4n) is 3.47. The normalized spacial score (nSPS) is 18.1. The molecule has 0 saturated heterocycles. The lowest BCUT2D eigenvalue weighted by Crippen LogP contribution is -1.99. The first-order chi connectivity index (χ1) is 8.70. The summed E-state index contributed by atoms with van der Waals surface area (Å²) in [5.41, 5.74) is 6.28. The van der Waals surface area contributed by atoms with Crippen LogP contribution in [0.4, 0.5) is 0 Å². The standard InChI is InChI=1S/C18H28/c1-4-5-6-7-8-9-16-12-17-11-14(2)10-15(3)18(17)13-16/h10-11,16H,4-9,12-13H2,1-3H3. The highest BCUT2D eigenvalue weighted by atomic mass is 14.3. The molecule has 0 bridgehead atoms. The van der Waals surface area contributed by atoms with Crippen LogP contribution in [0.3, 0.4) is 0 Å². The van der Waals surface area contributed by atoms with E-state index in [2.05, 4.69) is 32.9 Å². The van der Waals surface area contributed by atoms with Gasteiger partial charge in [-0.3, -0.25) is 0 Å². The van der Waals surface area contributed by atoms with Crippen molar-refractivity contribution < 1.29 is 0 Å². The number of hydrogen-bond acceptors (Lipinski definition) is 0. The van der Waals surface area contributed by atoms with Crippen LogP contribution in [0.2, 0.25) is 0 Å². The monoisotopic (exact) mass is 244 g/mol. The predicted octanol–water partition coefficient (Wildman–Crippen LogP) is 5.38. The average molecular weight is 244 g/mol. The molecule has 0 radical (unpaired) electrons. The zero-order valence-corrected chi connectivity index (χ0v) is 12.4. The lowest BCUT2D eigenvalue weighted by Gasteiger charge is -2.08. The molecule has 0 aromatic heterocycles. The van der Waals surface area contributed by atoms with Crippen LogP contribution in [0.1, 0.15) is 67.7 Å². The zero-order valence-electron chi connectivity index (χ0n) is 12.4. The average Bonchev–Trinajstić information content (AvgIpc) is 2.72. The fraction of sp³-hybridized carbons (Fsp3) is 0.667. The molecule has 0 heterocycles. The van der Waals surface area contributed by atoms with Gasteiger partial charge in [0, 0.05) is 0 Å². The van der Waals surface area contributed by atoms with E-state index in [1.807, 2.05) is 0 Å². The van der Waals surface area contributed by atoms with Crippen molar-refractivity contribution in [3.05, 3.63) is 34.4 Å². The maximum atomic E-state index is 2.42. The van der Waals surface area contributed by atoms with Crippen LogP contribution in [0.5, 0.6) is 0 Å². The Morgan fingerprint density at radius 2 is 1.78 bits per heavy atom. The second-order valence-electron chi connectivity index (χ2n) is 6.20. The van der Waals surface area contributed by atoms with E-state index in [1.165, 1.54) is 62.5 Å². The quantitative estimate of drug-likeness (QED) is 0.589. The summed E-state index contributed by atoms with van der Waals surface area (Å²) in [6, 6.07) is 4.77. The Labute approximate surface area is 113 Å². The molecule has 0 heteroatoms. The highest BCUT2D eigenvalue weighted by molar-refractivity contribution is 5.41. The minimum absolute atomic E-state index is 0.933. The molecule has 1 aliphatic rings. The zero-order chi connectivity index (χ0) is 13.0. The van der Waals surface area contributed by atoms with Crippen LogP contribution >= 0.6 is 0 Å². The number of unbranched alkanes of at least 4 members (excludes halogenated alkanes) is 4. The van der Waals surface area contributed by atoms with Gasteiger partial charge < -0.3 is 0 Å². The molecule has 1 atom stereocenters. The van der Waals surface area contributed by atoms with E-state index in [9.17, 15) is 0 Å². The SMILES string of the molecule is CCCCCCCC1Cc2cc(C)cc(C)c2C1. The first-order valence-electron chi connectivity index (χ1n) is 7.79. The largest absolute Gasteiger partial charge is 0.0654 e. The molecular weight excluding hydrogens is 216 g/mol. The lowest BCUT2D eigenvalue weighted by molar-refractivity contribution is 0.471. The maximum Gasteiger partial charge on any atom is -0.0242 e. The second kappa shape index (κ2) is 6.41. The van der Waals surface area contributed by atoms with E-state index in [4.69, 9.17) is 0 Å². The minimum atomic E-state index is 0.933. The summed E-state index contributed by atoms with van der Waals surface area (Å²) in [6.45, 7) is 6.81. The van der Waals surface area contributed by atoms with Crippen molar-refractivity contribution in [2.45, 2.75) is 72.1 Å². The number of benzene rings is 1. The summed E-state index contributed by atoms with van der Waals surface area (Å²) >= 11 is 0. The van der Waals surface area contributed by atoms with Crippen molar-refractivity contribution in [3.63, 3.8) is 0 Å². The third kappa shape index (κ3) is 3.37. The van der Waals surface area contributed by atoms with Crippen molar-refractivity contribution >= 4 is 0 Å². The van der Waals surface area contributed by atoms with E-state index >= 15 is 0 Å². The van der Waals surface area contributed by atoms with Crippen molar-refractivity contribution in [2.75, 3.05) is 0 Å². The molecule has 0 amide bonds. The predicted molar refractivity (Wildman–Crippen MR) is 80.2 cm³/mol. The second-order valence-corrected chi connectivity index (χ2v) is 6.20. The highest BCUT2D eigenvalue weighted by Gasteiger charge is 2.22. The Morgan fingerprint density at radius 3 is 2.56 bits per heavy atom. The Kier molecular flexibility index (Phi) is 4.86. The number of hydrogen-bond donors (Lipinski definition) is 0. The van der Waals surface area contributed by atoms with Crippen molar-refractivity contribution in [3.8, 4) is 0 Å². The van der Waals surface area contributed by atoms with Crippen molar-refractivity contribution in [2.24, 2.45) is 5.92 Å². The Balaban J connectivity index is 1.81. The third-order valence-electron chi connectivity index (χ3n) is 4.43. The van der Waals surface area contributed by atoms with Crippen LogP contribution in [0.25, 0.3) is 0 Å². The highest BCUT2D eigenvalue weighted by Crippen LogP contribution is 2.33. The molecule has 1 aromatic carbocycles. The van der Waals surface area contributed by atoms with E-state index in [-0.39, 0.29) is 0 Å². The van der Waals surface area contributed by atoms with Gasteiger partial charge in [0.1, 0.15) is 0 Å². The van der Waals surface area contributed by atoms with Gasteiger partial charge in [0.2, 0.25) is 0 Å².